The molecule has 2 aliphatic rings. The number of rotatable bonds is 4. The van der Waals surface area contributed by atoms with Gasteiger partial charge in [-0.1, -0.05) is 121 Å². The topological polar surface area (TPSA) is 0 Å². The predicted molar refractivity (Wildman–Crippen MR) is 110 cm³/mol. The van der Waals surface area contributed by atoms with Crippen molar-refractivity contribution in [2.24, 2.45) is 11.8 Å². The van der Waals surface area contributed by atoms with Crippen molar-refractivity contribution in [3.8, 4) is 0 Å². The molecule has 2 aromatic rings. The van der Waals surface area contributed by atoms with Gasteiger partial charge in [0.15, 0.2) is 0 Å². The molecule has 0 spiro atoms. The Morgan fingerprint density at radius 3 is 1.19 bits per heavy atom. The van der Waals surface area contributed by atoms with Crippen LogP contribution in [0.1, 0.15) is 11.1 Å². The first-order valence-corrected chi connectivity index (χ1v) is 8.98. The summed E-state index contributed by atoms with van der Waals surface area (Å²) < 4.78 is 0. The molecular weight excluding hydrogens is 312 g/mol. The van der Waals surface area contributed by atoms with Gasteiger partial charge < -0.3 is 0 Å². The van der Waals surface area contributed by atoms with E-state index in [4.69, 9.17) is 0 Å². The second kappa shape index (κ2) is 7.72. The maximum absolute atomic E-state index is 3.51. The van der Waals surface area contributed by atoms with Gasteiger partial charge in [0.1, 0.15) is 0 Å². The van der Waals surface area contributed by atoms with Crippen LogP contribution < -0.4 is 0 Å². The van der Waals surface area contributed by atoms with Crippen LogP contribution in [0.25, 0.3) is 11.1 Å². The summed E-state index contributed by atoms with van der Waals surface area (Å²) in [6, 6.07) is 20.9. The molecule has 4 rings (SSSR count). The summed E-state index contributed by atoms with van der Waals surface area (Å²) in [6.07, 6.45) is 17.2. The minimum absolute atomic E-state index is 0.247. The Morgan fingerprint density at radius 1 is 0.500 bits per heavy atom. The average molecular weight is 332 g/mol. The van der Waals surface area contributed by atoms with Crippen LogP contribution in [0.2, 0.25) is 0 Å². The van der Waals surface area contributed by atoms with Crippen LogP contribution in [-0.2, 0) is 0 Å². The Labute approximate surface area is 155 Å². The second-order valence-electron chi connectivity index (χ2n) is 6.40. The molecular formula is C26H20. The van der Waals surface area contributed by atoms with Gasteiger partial charge in [-0.25, -0.2) is 0 Å². The molecule has 0 aromatic heterocycles. The Bertz CT molecular complexity index is 877. The number of allylic oxidation sites excluding steroid dienone is 10. The van der Waals surface area contributed by atoms with Crippen molar-refractivity contribution in [3.05, 3.63) is 132 Å². The lowest BCUT2D eigenvalue weighted by molar-refractivity contribution is 1.11. The predicted octanol–water partition coefficient (Wildman–Crippen LogP) is 6.39. The van der Waals surface area contributed by atoms with Gasteiger partial charge in [0.2, 0.25) is 0 Å². The zero-order chi connectivity index (χ0) is 17.6. The van der Waals surface area contributed by atoms with Gasteiger partial charge in [0.05, 0.1) is 0 Å². The van der Waals surface area contributed by atoms with Gasteiger partial charge >= 0.3 is 0 Å². The van der Waals surface area contributed by atoms with E-state index in [1.165, 1.54) is 11.1 Å². The normalized spacial score (nSPS) is 15.2. The molecule has 124 valence electrons. The van der Waals surface area contributed by atoms with Gasteiger partial charge in [0, 0.05) is 23.0 Å². The van der Waals surface area contributed by atoms with E-state index in [1.54, 1.807) is 0 Å². The lowest BCUT2D eigenvalue weighted by Crippen LogP contribution is -1.95. The van der Waals surface area contributed by atoms with Gasteiger partial charge in [-0.15, -0.1) is 0 Å². The average Bonchev–Trinajstić information content (AvgIpc) is 3.41. The molecule has 0 saturated carbocycles. The van der Waals surface area contributed by atoms with E-state index < -0.39 is 0 Å². The number of hydrogen-bond donors (Lipinski definition) is 0. The van der Waals surface area contributed by atoms with Crippen LogP contribution in [0.3, 0.4) is 0 Å². The van der Waals surface area contributed by atoms with E-state index >= 15 is 0 Å². The summed E-state index contributed by atoms with van der Waals surface area (Å²) in [4.78, 5) is 0. The quantitative estimate of drug-likeness (QED) is 0.569. The summed E-state index contributed by atoms with van der Waals surface area (Å²) >= 11 is 0. The summed E-state index contributed by atoms with van der Waals surface area (Å²) in [6.45, 7) is 0. The third-order valence-electron chi connectivity index (χ3n) is 4.66. The van der Waals surface area contributed by atoms with E-state index in [9.17, 15) is 0 Å². The van der Waals surface area contributed by atoms with Gasteiger partial charge in [-0.05, 0) is 11.1 Å². The Morgan fingerprint density at radius 2 is 0.846 bits per heavy atom. The van der Waals surface area contributed by atoms with Gasteiger partial charge in [-0.3, -0.25) is 0 Å². The van der Waals surface area contributed by atoms with Crippen molar-refractivity contribution in [1.29, 1.82) is 0 Å². The minimum atomic E-state index is 0.247. The third-order valence-corrected chi connectivity index (χ3v) is 4.66. The lowest BCUT2D eigenvalue weighted by Gasteiger charge is -2.10. The molecule has 0 heterocycles. The Kier molecular flexibility index (Phi) is 4.81. The summed E-state index contributed by atoms with van der Waals surface area (Å²) in [7, 11) is 0. The van der Waals surface area contributed by atoms with Crippen molar-refractivity contribution in [2.75, 3.05) is 0 Å². The second-order valence-corrected chi connectivity index (χ2v) is 6.40. The summed E-state index contributed by atoms with van der Waals surface area (Å²) in [5.41, 5.74) is 11.7. The van der Waals surface area contributed by atoms with Crippen LogP contribution in [0, 0.1) is 11.8 Å². The highest BCUT2D eigenvalue weighted by atomic mass is 14.2. The van der Waals surface area contributed by atoms with Crippen molar-refractivity contribution in [1.82, 2.24) is 0 Å². The number of benzene rings is 2. The highest BCUT2D eigenvalue weighted by molar-refractivity contribution is 5.75. The third kappa shape index (κ3) is 3.53. The fraction of sp³-hybridized carbons (Fsp3) is 0.0769. The molecule has 0 saturated heterocycles. The maximum Gasteiger partial charge on any atom is 0.0291 e. The molecule has 0 N–H and O–H groups in total. The summed E-state index contributed by atoms with van der Waals surface area (Å²) in [5.74, 6) is 0.494. The van der Waals surface area contributed by atoms with Gasteiger partial charge in [-0.2, -0.15) is 0 Å². The van der Waals surface area contributed by atoms with Crippen LogP contribution >= 0.6 is 0 Å². The molecule has 2 aromatic carbocycles. The summed E-state index contributed by atoms with van der Waals surface area (Å²) in [5, 5.41) is 0. The molecule has 0 unspecified atom stereocenters. The minimum Gasteiger partial charge on any atom is -0.0726 e. The van der Waals surface area contributed by atoms with E-state index in [0.29, 0.717) is 0 Å². The standard InChI is InChI=1S/C26H20/c1-3-11-21(12-4-1)25(23-15-7-8-16-23)19-20-26(24-17-9-10-18-24)22-13-5-2-6-14-22/h1-18,23-24H. The first-order chi connectivity index (χ1) is 12.9. The fourth-order valence-corrected chi connectivity index (χ4v) is 3.31. The molecule has 0 atom stereocenters. The van der Waals surface area contributed by atoms with Crippen LogP contribution in [0.5, 0.6) is 0 Å². The largest absolute Gasteiger partial charge is 0.0726 e. The maximum atomic E-state index is 3.51. The highest BCUT2D eigenvalue weighted by Gasteiger charge is 2.14. The van der Waals surface area contributed by atoms with Gasteiger partial charge in [0.25, 0.3) is 0 Å². The van der Waals surface area contributed by atoms with Crippen LogP contribution in [0.4, 0.5) is 0 Å². The van der Waals surface area contributed by atoms with E-state index in [-0.39, 0.29) is 11.8 Å². The molecule has 0 radical (unpaired) electrons. The molecule has 0 amide bonds. The smallest absolute Gasteiger partial charge is 0.0291 e. The zero-order valence-corrected chi connectivity index (χ0v) is 14.5. The monoisotopic (exact) mass is 332 g/mol. The fourth-order valence-electron chi connectivity index (χ4n) is 3.31. The van der Waals surface area contributed by atoms with E-state index in [2.05, 4.69) is 109 Å². The van der Waals surface area contributed by atoms with E-state index in [0.717, 1.165) is 11.1 Å². The van der Waals surface area contributed by atoms with Crippen molar-refractivity contribution in [3.63, 3.8) is 0 Å². The number of hydrogen-bond acceptors (Lipinski definition) is 0. The van der Waals surface area contributed by atoms with Crippen LogP contribution in [0.15, 0.2) is 121 Å². The molecule has 0 heteroatoms. The van der Waals surface area contributed by atoms with Crippen molar-refractivity contribution < 1.29 is 0 Å². The molecule has 2 aliphatic carbocycles. The van der Waals surface area contributed by atoms with Crippen molar-refractivity contribution in [2.45, 2.75) is 0 Å². The molecule has 26 heavy (non-hydrogen) atoms. The molecule has 0 bridgehead atoms. The lowest BCUT2D eigenvalue weighted by atomic mass is 9.92. The Hall–Kier alpha value is -3.30. The SMILES string of the molecule is C(=C=C(c1ccccc1)C1C=CC=C1)=C(c1ccccc1)C1C=CC=C1. The highest BCUT2D eigenvalue weighted by Crippen LogP contribution is 2.30. The van der Waals surface area contributed by atoms with Crippen molar-refractivity contribution >= 4 is 11.1 Å². The van der Waals surface area contributed by atoms with E-state index in [1.807, 2.05) is 12.1 Å². The molecule has 0 aliphatic heterocycles. The zero-order valence-electron chi connectivity index (χ0n) is 14.5. The molecule has 0 fully saturated rings. The molecule has 0 nitrogen and oxygen atoms in total. The first-order valence-electron chi connectivity index (χ1n) is 8.98. The van der Waals surface area contributed by atoms with Crippen LogP contribution in [-0.4, -0.2) is 0 Å². The Balaban J connectivity index is 1.91. The first kappa shape index (κ1) is 16.2.